The number of aromatic nitrogens is 2. The topological polar surface area (TPSA) is 57.5 Å². The third kappa shape index (κ3) is 5.38. The smallest absolute Gasteiger partial charge is 0.191 e. The molecule has 1 aromatic rings. The monoisotopic (exact) mass is 292 g/mol. The molecule has 6 nitrogen and oxygen atoms in total. The first-order valence-corrected chi connectivity index (χ1v) is 7.99. The summed E-state index contributed by atoms with van der Waals surface area (Å²) >= 11 is 0. The largest absolute Gasteiger partial charge is 0.357 e. The van der Waals surface area contributed by atoms with Crippen LogP contribution in [0.15, 0.2) is 23.5 Å². The molecule has 1 atom stereocenters. The van der Waals surface area contributed by atoms with E-state index >= 15 is 0 Å². The molecule has 1 saturated heterocycles. The number of guanidine groups is 1. The van der Waals surface area contributed by atoms with Crippen molar-refractivity contribution in [2.45, 2.75) is 38.8 Å². The molecule has 1 fully saturated rings. The van der Waals surface area contributed by atoms with Crippen LogP contribution in [-0.2, 0) is 6.54 Å². The number of nitrogens with one attached hydrogen (secondary N) is 2. The fraction of sp³-hybridized carbons (Fsp3) is 0.733. The van der Waals surface area contributed by atoms with Crippen molar-refractivity contribution in [3.8, 4) is 0 Å². The molecule has 0 saturated carbocycles. The average Bonchev–Trinajstić information content (AvgIpc) is 3.12. The van der Waals surface area contributed by atoms with Gasteiger partial charge in [0.05, 0.1) is 6.54 Å². The zero-order chi connectivity index (χ0) is 14.9. The normalized spacial score (nSPS) is 19.9. The zero-order valence-electron chi connectivity index (χ0n) is 13.3. The molecule has 0 aromatic carbocycles. The predicted octanol–water partition coefficient (Wildman–Crippen LogP) is 0.923. The van der Waals surface area contributed by atoms with Crippen LogP contribution in [0.1, 0.15) is 26.2 Å². The highest BCUT2D eigenvalue weighted by molar-refractivity contribution is 5.79. The summed E-state index contributed by atoms with van der Waals surface area (Å²) in [6.45, 7) is 6.92. The third-order valence-corrected chi connectivity index (χ3v) is 3.89. The van der Waals surface area contributed by atoms with Crippen LogP contribution in [0.4, 0.5) is 0 Å². The molecule has 1 aromatic heterocycles. The minimum atomic E-state index is 0.601. The SMILES string of the molecule is CCNC(=NCC1CCCN1C)NCCCn1cccn1. The summed E-state index contributed by atoms with van der Waals surface area (Å²) in [5.41, 5.74) is 0. The summed E-state index contributed by atoms with van der Waals surface area (Å²) in [5, 5.41) is 10.9. The number of hydrogen-bond acceptors (Lipinski definition) is 3. The van der Waals surface area contributed by atoms with Crippen molar-refractivity contribution in [2.24, 2.45) is 4.99 Å². The molecule has 118 valence electrons. The Balaban J connectivity index is 1.70. The molecule has 1 aliphatic rings. The lowest BCUT2D eigenvalue weighted by Crippen LogP contribution is -2.39. The molecule has 21 heavy (non-hydrogen) atoms. The number of nitrogens with zero attached hydrogens (tertiary/aromatic N) is 4. The Morgan fingerprint density at radius 1 is 1.43 bits per heavy atom. The van der Waals surface area contributed by atoms with Gasteiger partial charge < -0.3 is 15.5 Å². The van der Waals surface area contributed by atoms with Gasteiger partial charge in [0.25, 0.3) is 0 Å². The van der Waals surface area contributed by atoms with Gasteiger partial charge in [-0.3, -0.25) is 9.67 Å². The number of aryl methyl sites for hydroxylation is 1. The van der Waals surface area contributed by atoms with E-state index in [9.17, 15) is 0 Å². The molecule has 0 amide bonds. The Morgan fingerprint density at radius 2 is 2.33 bits per heavy atom. The first-order chi connectivity index (χ1) is 10.3. The highest BCUT2D eigenvalue weighted by atomic mass is 15.3. The highest BCUT2D eigenvalue weighted by Crippen LogP contribution is 2.14. The van der Waals surface area contributed by atoms with Crippen LogP contribution in [-0.4, -0.2) is 59.9 Å². The van der Waals surface area contributed by atoms with Gasteiger partial charge in [0.1, 0.15) is 0 Å². The van der Waals surface area contributed by atoms with E-state index in [2.05, 4.69) is 34.6 Å². The zero-order valence-corrected chi connectivity index (χ0v) is 13.3. The van der Waals surface area contributed by atoms with Gasteiger partial charge in [0.15, 0.2) is 5.96 Å². The average molecular weight is 292 g/mol. The maximum absolute atomic E-state index is 4.71. The summed E-state index contributed by atoms with van der Waals surface area (Å²) in [6.07, 6.45) is 7.41. The number of aliphatic imine (C=N–C) groups is 1. The number of likely N-dealkylation sites (N-methyl/N-ethyl adjacent to an activating group) is 1. The maximum atomic E-state index is 4.71. The quantitative estimate of drug-likeness (QED) is 0.446. The van der Waals surface area contributed by atoms with E-state index < -0.39 is 0 Å². The van der Waals surface area contributed by atoms with Crippen LogP contribution in [0.2, 0.25) is 0 Å². The second-order valence-electron chi connectivity index (χ2n) is 5.55. The first kappa shape index (κ1) is 15.8. The summed E-state index contributed by atoms with van der Waals surface area (Å²) in [7, 11) is 2.19. The number of likely N-dealkylation sites (tertiary alicyclic amines) is 1. The van der Waals surface area contributed by atoms with Crippen LogP contribution >= 0.6 is 0 Å². The third-order valence-electron chi connectivity index (χ3n) is 3.89. The molecule has 2 rings (SSSR count). The fourth-order valence-corrected chi connectivity index (χ4v) is 2.63. The lowest BCUT2D eigenvalue weighted by atomic mass is 10.2. The van der Waals surface area contributed by atoms with Crippen molar-refractivity contribution in [1.29, 1.82) is 0 Å². The Bertz CT molecular complexity index is 414. The van der Waals surface area contributed by atoms with E-state index in [1.54, 1.807) is 0 Å². The van der Waals surface area contributed by atoms with E-state index in [1.807, 2.05) is 23.1 Å². The van der Waals surface area contributed by atoms with Crippen LogP contribution in [0.3, 0.4) is 0 Å². The van der Waals surface area contributed by atoms with Crippen LogP contribution in [0.25, 0.3) is 0 Å². The maximum Gasteiger partial charge on any atom is 0.191 e. The number of hydrogen-bond donors (Lipinski definition) is 2. The minimum Gasteiger partial charge on any atom is -0.357 e. The molecular formula is C15H28N6. The van der Waals surface area contributed by atoms with E-state index in [0.717, 1.165) is 38.6 Å². The van der Waals surface area contributed by atoms with E-state index in [1.165, 1.54) is 19.4 Å². The summed E-state index contributed by atoms with van der Waals surface area (Å²) in [5.74, 6) is 0.929. The van der Waals surface area contributed by atoms with Crippen molar-refractivity contribution < 1.29 is 0 Å². The van der Waals surface area contributed by atoms with Crippen LogP contribution < -0.4 is 10.6 Å². The Labute approximate surface area is 127 Å². The number of rotatable bonds is 7. The minimum absolute atomic E-state index is 0.601. The van der Waals surface area contributed by atoms with E-state index in [0.29, 0.717) is 6.04 Å². The van der Waals surface area contributed by atoms with Gasteiger partial charge in [-0.1, -0.05) is 0 Å². The van der Waals surface area contributed by atoms with Gasteiger partial charge in [-0.25, -0.2) is 0 Å². The molecule has 2 N–H and O–H groups in total. The van der Waals surface area contributed by atoms with Gasteiger partial charge in [-0.15, -0.1) is 0 Å². The van der Waals surface area contributed by atoms with Gasteiger partial charge in [0, 0.05) is 38.1 Å². The second-order valence-corrected chi connectivity index (χ2v) is 5.55. The predicted molar refractivity (Wildman–Crippen MR) is 86.5 cm³/mol. The summed E-state index contributed by atoms with van der Waals surface area (Å²) in [4.78, 5) is 7.12. The van der Waals surface area contributed by atoms with Gasteiger partial charge in [-0.05, 0) is 45.8 Å². The molecule has 6 heteroatoms. The van der Waals surface area contributed by atoms with Crippen molar-refractivity contribution in [1.82, 2.24) is 25.3 Å². The molecule has 1 unspecified atom stereocenters. The summed E-state index contributed by atoms with van der Waals surface area (Å²) < 4.78 is 1.96. The molecule has 0 radical (unpaired) electrons. The first-order valence-electron chi connectivity index (χ1n) is 7.99. The van der Waals surface area contributed by atoms with Crippen molar-refractivity contribution >= 4 is 5.96 Å². The second kappa shape index (κ2) is 8.67. The Morgan fingerprint density at radius 3 is 3.00 bits per heavy atom. The van der Waals surface area contributed by atoms with Crippen molar-refractivity contribution in [3.63, 3.8) is 0 Å². The van der Waals surface area contributed by atoms with Crippen molar-refractivity contribution in [2.75, 3.05) is 33.2 Å². The molecular weight excluding hydrogens is 264 g/mol. The standard InChI is InChI=1S/C15H28N6/c1-3-16-15(18-13-14-7-4-10-20(14)2)17-8-5-11-21-12-6-9-19-21/h6,9,12,14H,3-5,7-8,10-11,13H2,1-2H3,(H2,16,17,18). The molecule has 0 aliphatic carbocycles. The van der Waals surface area contributed by atoms with Gasteiger partial charge in [-0.2, -0.15) is 5.10 Å². The molecule has 2 heterocycles. The molecule has 0 spiro atoms. The lowest BCUT2D eigenvalue weighted by Gasteiger charge is -2.18. The Kier molecular flexibility index (Phi) is 6.53. The van der Waals surface area contributed by atoms with Crippen molar-refractivity contribution in [3.05, 3.63) is 18.5 Å². The lowest BCUT2D eigenvalue weighted by molar-refractivity contribution is 0.317. The summed E-state index contributed by atoms with van der Waals surface area (Å²) in [6, 6.07) is 2.56. The fourth-order valence-electron chi connectivity index (χ4n) is 2.63. The molecule has 0 bridgehead atoms. The van der Waals surface area contributed by atoms with E-state index in [-0.39, 0.29) is 0 Å². The Hall–Kier alpha value is -1.56. The molecule has 1 aliphatic heterocycles. The van der Waals surface area contributed by atoms with E-state index in [4.69, 9.17) is 4.99 Å². The van der Waals surface area contributed by atoms with Crippen LogP contribution in [0, 0.1) is 0 Å². The van der Waals surface area contributed by atoms with Gasteiger partial charge in [0.2, 0.25) is 0 Å². The van der Waals surface area contributed by atoms with Gasteiger partial charge >= 0.3 is 0 Å². The van der Waals surface area contributed by atoms with Crippen LogP contribution in [0.5, 0.6) is 0 Å². The highest BCUT2D eigenvalue weighted by Gasteiger charge is 2.20.